The Kier molecular flexibility index (Phi) is 5.83. The van der Waals surface area contributed by atoms with Crippen molar-refractivity contribution in [1.29, 1.82) is 0 Å². The molecule has 3 nitrogen and oxygen atoms in total. The molecule has 0 radical (unpaired) electrons. The molecule has 0 aromatic carbocycles. The first kappa shape index (κ1) is 14.2. The maximum absolute atomic E-state index is 12.2. The van der Waals surface area contributed by atoms with E-state index >= 15 is 0 Å². The Hall–Kier alpha value is -0.220. The largest absolute Gasteiger partial charge is 0.340 e. The minimum Gasteiger partial charge on any atom is -0.340 e. The molecule has 1 saturated heterocycles. The highest BCUT2D eigenvalue weighted by Gasteiger charge is 2.23. The smallest absolute Gasteiger partial charge is 0.236 e. The van der Waals surface area contributed by atoms with E-state index in [0.29, 0.717) is 17.7 Å². The molecule has 1 saturated carbocycles. The number of likely N-dealkylation sites (tertiary alicyclic amines) is 1. The minimum atomic E-state index is 0.305. The van der Waals surface area contributed by atoms with Crippen LogP contribution in [0.5, 0.6) is 0 Å². The van der Waals surface area contributed by atoms with E-state index in [1.807, 2.05) is 11.8 Å². The minimum absolute atomic E-state index is 0.305. The third-order valence-corrected chi connectivity index (χ3v) is 4.98. The van der Waals surface area contributed by atoms with Crippen LogP contribution in [0.3, 0.4) is 0 Å². The lowest BCUT2D eigenvalue weighted by molar-refractivity contribution is -0.130. The number of hydrogen-bond acceptors (Lipinski definition) is 3. The first-order chi connectivity index (χ1) is 8.79. The van der Waals surface area contributed by atoms with Gasteiger partial charge < -0.3 is 10.2 Å². The summed E-state index contributed by atoms with van der Waals surface area (Å²) in [6.45, 7) is 5.71. The number of amides is 1. The number of nitrogens with one attached hydrogen (secondary N) is 1. The van der Waals surface area contributed by atoms with E-state index in [4.69, 9.17) is 0 Å². The van der Waals surface area contributed by atoms with Crippen LogP contribution in [-0.2, 0) is 4.79 Å². The molecular formula is C14H26N2OS. The lowest BCUT2D eigenvalue weighted by atomic mass is 10.2. The summed E-state index contributed by atoms with van der Waals surface area (Å²) in [5.41, 5.74) is 0. The van der Waals surface area contributed by atoms with Gasteiger partial charge in [0.2, 0.25) is 5.91 Å². The van der Waals surface area contributed by atoms with Crippen molar-refractivity contribution in [3.8, 4) is 0 Å². The van der Waals surface area contributed by atoms with Gasteiger partial charge in [-0.05, 0) is 43.9 Å². The second-order valence-electron chi connectivity index (χ2n) is 5.49. The molecule has 1 N–H and O–H groups in total. The molecule has 4 heteroatoms. The molecule has 0 aromatic heterocycles. The van der Waals surface area contributed by atoms with Gasteiger partial charge in [0.1, 0.15) is 0 Å². The summed E-state index contributed by atoms with van der Waals surface area (Å²) in [4.78, 5) is 14.2. The normalized spacial score (nSPS) is 24.9. The summed E-state index contributed by atoms with van der Waals surface area (Å²) in [7, 11) is 0. The highest BCUT2D eigenvalue weighted by molar-refractivity contribution is 7.99. The van der Waals surface area contributed by atoms with Gasteiger partial charge in [0.25, 0.3) is 0 Å². The van der Waals surface area contributed by atoms with E-state index in [1.165, 1.54) is 32.1 Å². The topological polar surface area (TPSA) is 32.3 Å². The molecule has 1 heterocycles. The van der Waals surface area contributed by atoms with Gasteiger partial charge in [-0.3, -0.25) is 4.79 Å². The van der Waals surface area contributed by atoms with Gasteiger partial charge in [0, 0.05) is 18.3 Å². The molecule has 104 valence electrons. The van der Waals surface area contributed by atoms with Crippen LogP contribution < -0.4 is 5.32 Å². The lowest BCUT2D eigenvalue weighted by Crippen LogP contribution is -2.41. The van der Waals surface area contributed by atoms with Crippen LogP contribution in [0.25, 0.3) is 0 Å². The Labute approximate surface area is 115 Å². The summed E-state index contributed by atoms with van der Waals surface area (Å²) >= 11 is 2.01. The Balaban J connectivity index is 1.71. The molecule has 18 heavy (non-hydrogen) atoms. The number of carbonyl (C=O) groups excluding carboxylic acids is 1. The Morgan fingerprint density at radius 2 is 2.17 bits per heavy atom. The number of hydrogen-bond donors (Lipinski definition) is 1. The van der Waals surface area contributed by atoms with E-state index < -0.39 is 0 Å². The fraction of sp³-hybridized carbons (Fsp3) is 0.929. The lowest BCUT2D eigenvalue weighted by Gasteiger charge is -2.24. The zero-order valence-electron chi connectivity index (χ0n) is 11.5. The molecule has 0 bridgehead atoms. The first-order valence-corrected chi connectivity index (χ1v) is 8.44. The van der Waals surface area contributed by atoms with Gasteiger partial charge >= 0.3 is 0 Å². The predicted octanol–water partition coefficient (Wildman–Crippen LogP) is 2.12. The molecular weight excluding hydrogens is 244 g/mol. The fourth-order valence-corrected chi connectivity index (χ4v) is 3.61. The van der Waals surface area contributed by atoms with Crippen molar-refractivity contribution in [3.05, 3.63) is 0 Å². The van der Waals surface area contributed by atoms with E-state index in [0.717, 1.165) is 31.3 Å². The average Bonchev–Trinajstić information content (AvgIpc) is 3.16. The van der Waals surface area contributed by atoms with Gasteiger partial charge in [0.15, 0.2) is 0 Å². The standard InChI is InChI=1S/C14H26N2OS/c1-2-18-13-5-3-4-8-16(11-13)14(17)10-15-9-12-6-7-12/h12-13,15H,2-11H2,1H3. The molecule has 0 aromatic rings. The number of carbonyl (C=O) groups is 1. The predicted molar refractivity (Wildman–Crippen MR) is 77.9 cm³/mol. The Morgan fingerprint density at radius 1 is 1.33 bits per heavy atom. The molecule has 2 rings (SSSR count). The van der Waals surface area contributed by atoms with Crippen molar-refractivity contribution in [3.63, 3.8) is 0 Å². The second-order valence-corrected chi connectivity index (χ2v) is 7.06. The number of nitrogens with zero attached hydrogens (tertiary/aromatic N) is 1. The van der Waals surface area contributed by atoms with Gasteiger partial charge in [-0.1, -0.05) is 13.3 Å². The van der Waals surface area contributed by atoms with Gasteiger partial charge in [0.05, 0.1) is 6.54 Å². The molecule has 1 amide bonds. The quantitative estimate of drug-likeness (QED) is 0.802. The van der Waals surface area contributed by atoms with Crippen molar-refractivity contribution in [2.45, 2.75) is 44.3 Å². The van der Waals surface area contributed by atoms with Gasteiger partial charge in [-0.15, -0.1) is 0 Å². The Bertz CT molecular complexity index is 269. The van der Waals surface area contributed by atoms with E-state index in [-0.39, 0.29) is 0 Å². The monoisotopic (exact) mass is 270 g/mol. The summed E-state index contributed by atoms with van der Waals surface area (Å²) in [6.07, 6.45) is 6.42. The molecule has 0 spiro atoms. The zero-order valence-corrected chi connectivity index (χ0v) is 12.3. The highest BCUT2D eigenvalue weighted by Crippen LogP contribution is 2.27. The van der Waals surface area contributed by atoms with Crippen LogP contribution in [0.4, 0.5) is 0 Å². The second kappa shape index (κ2) is 7.39. The van der Waals surface area contributed by atoms with Crippen LogP contribution in [0, 0.1) is 5.92 Å². The Morgan fingerprint density at radius 3 is 2.89 bits per heavy atom. The van der Waals surface area contributed by atoms with Crippen LogP contribution >= 0.6 is 11.8 Å². The highest BCUT2D eigenvalue weighted by atomic mass is 32.2. The molecule has 1 unspecified atom stereocenters. The summed E-state index contributed by atoms with van der Waals surface area (Å²) in [6, 6.07) is 0. The summed E-state index contributed by atoms with van der Waals surface area (Å²) < 4.78 is 0. The van der Waals surface area contributed by atoms with Crippen molar-refractivity contribution >= 4 is 17.7 Å². The van der Waals surface area contributed by atoms with Crippen LogP contribution in [0.1, 0.15) is 39.0 Å². The molecule has 1 aliphatic heterocycles. The van der Waals surface area contributed by atoms with Crippen LogP contribution in [-0.4, -0.2) is 48.0 Å². The molecule has 1 aliphatic carbocycles. The summed E-state index contributed by atoms with van der Waals surface area (Å²) in [5, 5.41) is 3.97. The van der Waals surface area contributed by atoms with Crippen molar-refractivity contribution in [1.82, 2.24) is 10.2 Å². The maximum Gasteiger partial charge on any atom is 0.236 e. The van der Waals surface area contributed by atoms with Crippen LogP contribution in [0.15, 0.2) is 0 Å². The van der Waals surface area contributed by atoms with E-state index in [2.05, 4.69) is 17.1 Å². The van der Waals surface area contributed by atoms with Gasteiger partial charge in [-0.25, -0.2) is 0 Å². The zero-order chi connectivity index (χ0) is 12.8. The molecule has 1 atom stereocenters. The maximum atomic E-state index is 12.2. The number of rotatable bonds is 6. The third-order valence-electron chi connectivity index (χ3n) is 3.79. The summed E-state index contributed by atoms with van der Waals surface area (Å²) in [5.74, 6) is 2.32. The van der Waals surface area contributed by atoms with E-state index in [1.54, 1.807) is 0 Å². The molecule has 2 aliphatic rings. The fourth-order valence-electron chi connectivity index (χ4n) is 2.52. The SMILES string of the molecule is CCSC1CCCCN(C(=O)CNCC2CC2)C1. The third kappa shape index (κ3) is 4.81. The first-order valence-electron chi connectivity index (χ1n) is 7.39. The number of thioether (sulfide) groups is 1. The van der Waals surface area contributed by atoms with Gasteiger partial charge in [-0.2, -0.15) is 11.8 Å². The van der Waals surface area contributed by atoms with Crippen molar-refractivity contribution in [2.75, 3.05) is 31.9 Å². The molecule has 2 fully saturated rings. The average molecular weight is 270 g/mol. The van der Waals surface area contributed by atoms with Crippen molar-refractivity contribution < 1.29 is 4.79 Å². The van der Waals surface area contributed by atoms with Crippen LogP contribution in [0.2, 0.25) is 0 Å². The van der Waals surface area contributed by atoms with E-state index in [9.17, 15) is 4.79 Å². The van der Waals surface area contributed by atoms with Crippen molar-refractivity contribution in [2.24, 2.45) is 5.92 Å².